The summed E-state index contributed by atoms with van der Waals surface area (Å²) in [5.74, 6) is 4.46. The largest absolute Gasteiger partial charge is 0.357 e. The third-order valence-corrected chi connectivity index (χ3v) is 5.84. The number of halogens is 1. The molecule has 2 saturated heterocycles. The van der Waals surface area contributed by atoms with Crippen LogP contribution in [0.4, 0.5) is 0 Å². The Morgan fingerprint density at radius 2 is 1.83 bits per heavy atom. The van der Waals surface area contributed by atoms with E-state index in [4.69, 9.17) is 4.99 Å². The smallest absolute Gasteiger partial charge is 0.191 e. The van der Waals surface area contributed by atoms with Crippen LogP contribution in [0, 0.1) is 5.92 Å². The molecule has 2 fully saturated rings. The Labute approximate surface area is 164 Å². The molecule has 0 spiro atoms. The average Bonchev–Trinajstić information content (AvgIpc) is 2.54. The van der Waals surface area contributed by atoms with E-state index in [0.717, 1.165) is 25.0 Å². The Kier molecular flexibility index (Phi) is 10.9. The van der Waals surface area contributed by atoms with Crippen LogP contribution in [-0.4, -0.2) is 60.6 Å². The molecule has 0 aromatic rings. The summed E-state index contributed by atoms with van der Waals surface area (Å²) in [6, 6.07) is 1.25. The minimum absolute atomic E-state index is 0. The minimum Gasteiger partial charge on any atom is -0.357 e. The van der Waals surface area contributed by atoms with Gasteiger partial charge in [-0.25, -0.2) is 0 Å². The summed E-state index contributed by atoms with van der Waals surface area (Å²) in [5.41, 5.74) is 0. The number of nitrogens with zero attached hydrogens (tertiary/aromatic N) is 2. The number of hydrogen-bond acceptors (Lipinski definition) is 3. The van der Waals surface area contributed by atoms with Crippen LogP contribution in [0.15, 0.2) is 4.99 Å². The summed E-state index contributed by atoms with van der Waals surface area (Å²) < 4.78 is 0. The summed E-state index contributed by atoms with van der Waals surface area (Å²) in [6.07, 6.45) is 5.12. The van der Waals surface area contributed by atoms with E-state index in [1.54, 1.807) is 0 Å². The van der Waals surface area contributed by atoms with Crippen LogP contribution in [0.2, 0.25) is 0 Å². The van der Waals surface area contributed by atoms with Gasteiger partial charge in [-0.15, -0.1) is 24.0 Å². The summed E-state index contributed by atoms with van der Waals surface area (Å²) in [7, 11) is 0. The molecular weight excluding hydrogens is 419 g/mol. The Morgan fingerprint density at radius 1 is 1.17 bits per heavy atom. The molecule has 6 heteroatoms. The summed E-state index contributed by atoms with van der Waals surface area (Å²) in [6.45, 7) is 11.1. The van der Waals surface area contributed by atoms with Gasteiger partial charge in [0.2, 0.25) is 0 Å². The van der Waals surface area contributed by atoms with E-state index in [2.05, 4.69) is 48.1 Å². The van der Waals surface area contributed by atoms with E-state index in [1.165, 1.54) is 50.3 Å². The SMILES string of the molecule is CCNC(=NCC1CCSCC1)NC1CCN(C(C)C)CC1.I. The molecule has 0 aromatic carbocycles. The van der Waals surface area contributed by atoms with Crippen molar-refractivity contribution in [2.75, 3.05) is 37.7 Å². The molecule has 0 aromatic heterocycles. The van der Waals surface area contributed by atoms with Gasteiger partial charge in [-0.05, 0) is 63.9 Å². The van der Waals surface area contributed by atoms with Crippen LogP contribution in [0.5, 0.6) is 0 Å². The summed E-state index contributed by atoms with van der Waals surface area (Å²) in [4.78, 5) is 7.43. The van der Waals surface area contributed by atoms with Crippen LogP contribution in [-0.2, 0) is 0 Å². The fraction of sp³-hybridized carbons (Fsp3) is 0.941. The normalized spacial score (nSPS) is 22.0. The van der Waals surface area contributed by atoms with Gasteiger partial charge in [0.05, 0.1) is 0 Å². The number of aliphatic imine (C=N–C) groups is 1. The lowest BCUT2D eigenvalue weighted by Crippen LogP contribution is -2.50. The summed E-state index contributed by atoms with van der Waals surface area (Å²) in [5, 5.41) is 7.09. The minimum atomic E-state index is 0. The number of nitrogens with one attached hydrogen (secondary N) is 2. The number of piperidine rings is 1. The highest BCUT2D eigenvalue weighted by Crippen LogP contribution is 2.22. The van der Waals surface area contributed by atoms with Crippen molar-refractivity contribution in [3.05, 3.63) is 0 Å². The highest BCUT2D eigenvalue weighted by molar-refractivity contribution is 14.0. The first-order chi connectivity index (χ1) is 10.7. The van der Waals surface area contributed by atoms with E-state index in [9.17, 15) is 0 Å². The van der Waals surface area contributed by atoms with Crippen molar-refractivity contribution in [1.82, 2.24) is 15.5 Å². The molecule has 23 heavy (non-hydrogen) atoms. The van der Waals surface area contributed by atoms with Crippen LogP contribution >= 0.6 is 35.7 Å². The van der Waals surface area contributed by atoms with Crippen molar-refractivity contribution in [1.29, 1.82) is 0 Å². The molecule has 0 radical (unpaired) electrons. The number of thioether (sulfide) groups is 1. The maximum Gasteiger partial charge on any atom is 0.191 e. The Balaban J connectivity index is 0.00000264. The topological polar surface area (TPSA) is 39.7 Å². The maximum absolute atomic E-state index is 4.86. The molecule has 2 aliphatic heterocycles. The van der Waals surface area contributed by atoms with Crippen molar-refractivity contribution >= 4 is 41.7 Å². The van der Waals surface area contributed by atoms with Crippen LogP contribution in [0.3, 0.4) is 0 Å². The Morgan fingerprint density at radius 3 is 2.39 bits per heavy atom. The molecule has 136 valence electrons. The van der Waals surface area contributed by atoms with E-state index < -0.39 is 0 Å². The predicted octanol–water partition coefficient (Wildman–Crippen LogP) is 3.18. The quantitative estimate of drug-likeness (QED) is 0.380. The second kappa shape index (κ2) is 11.8. The molecule has 2 N–H and O–H groups in total. The molecule has 2 heterocycles. The van der Waals surface area contributed by atoms with Crippen molar-refractivity contribution < 1.29 is 0 Å². The van der Waals surface area contributed by atoms with E-state index in [0.29, 0.717) is 12.1 Å². The highest BCUT2D eigenvalue weighted by Gasteiger charge is 2.21. The van der Waals surface area contributed by atoms with Gasteiger partial charge in [-0.3, -0.25) is 4.99 Å². The Bertz CT molecular complexity index is 337. The average molecular weight is 454 g/mol. The number of hydrogen-bond donors (Lipinski definition) is 2. The van der Waals surface area contributed by atoms with Gasteiger partial charge in [0.25, 0.3) is 0 Å². The van der Waals surface area contributed by atoms with Crippen LogP contribution < -0.4 is 10.6 Å². The zero-order chi connectivity index (χ0) is 15.8. The lowest BCUT2D eigenvalue weighted by molar-refractivity contribution is 0.167. The zero-order valence-electron chi connectivity index (χ0n) is 15.0. The molecule has 0 amide bonds. The van der Waals surface area contributed by atoms with Gasteiger partial charge in [0.1, 0.15) is 0 Å². The first-order valence-electron chi connectivity index (χ1n) is 9.05. The number of rotatable bonds is 5. The fourth-order valence-electron chi connectivity index (χ4n) is 3.22. The van der Waals surface area contributed by atoms with Crippen molar-refractivity contribution in [2.45, 2.75) is 58.5 Å². The van der Waals surface area contributed by atoms with Gasteiger partial charge in [0, 0.05) is 38.3 Å². The van der Waals surface area contributed by atoms with E-state index in [-0.39, 0.29) is 24.0 Å². The summed E-state index contributed by atoms with van der Waals surface area (Å²) >= 11 is 2.09. The lowest BCUT2D eigenvalue weighted by atomic mass is 10.0. The van der Waals surface area contributed by atoms with Crippen LogP contribution in [0.1, 0.15) is 46.5 Å². The lowest BCUT2D eigenvalue weighted by Gasteiger charge is -2.35. The van der Waals surface area contributed by atoms with Crippen molar-refractivity contribution in [3.63, 3.8) is 0 Å². The predicted molar refractivity (Wildman–Crippen MR) is 114 cm³/mol. The Hall–Kier alpha value is 0.310. The number of likely N-dealkylation sites (tertiary alicyclic amines) is 1. The second-order valence-electron chi connectivity index (χ2n) is 6.82. The van der Waals surface area contributed by atoms with Crippen molar-refractivity contribution in [3.8, 4) is 0 Å². The molecule has 0 aliphatic carbocycles. The molecule has 0 bridgehead atoms. The van der Waals surface area contributed by atoms with Gasteiger partial charge in [0.15, 0.2) is 5.96 Å². The monoisotopic (exact) mass is 454 g/mol. The molecule has 4 nitrogen and oxygen atoms in total. The molecule has 2 rings (SSSR count). The fourth-order valence-corrected chi connectivity index (χ4v) is 4.43. The first kappa shape index (κ1) is 21.4. The van der Waals surface area contributed by atoms with Crippen molar-refractivity contribution in [2.24, 2.45) is 10.9 Å². The molecule has 0 unspecified atom stereocenters. The van der Waals surface area contributed by atoms with Crippen LogP contribution in [0.25, 0.3) is 0 Å². The van der Waals surface area contributed by atoms with Gasteiger partial charge < -0.3 is 15.5 Å². The maximum atomic E-state index is 4.86. The first-order valence-corrected chi connectivity index (χ1v) is 10.2. The third kappa shape index (κ3) is 7.82. The molecule has 2 aliphatic rings. The van der Waals surface area contributed by atoms with Gasteiger partial charge in [-0.2, -0.15) is 11.8 Å². The second-order valence-corrected chi connectivity index (χ2v) is 8.05. The standard InChI is InChI=1S/C17H34N4S.HI/c1-4-18-17(19-13-15-7-11-22-12-8-15)20-16-5-9-21(10-6-16)14(2)3;/h14-16H,4-13H2,1-3H3,(H2,18,19,20);1H. The number of guanidine groups is 1. The molecular formula is C17H35IN4S. The third-order valence-electron chi connectivity index (χ3n) is 4.79. The highest BCUT2D eigenvalue weighted by atomic mass is 127. The van der Waals surface area contributed by atoms with Gasteiger partial charge in [-0.1, -0.05) is 0 Å². The molecule has 0 atom stereocenters. The zero-order valence-corrected chi connectivity index (χ0v) is 18.2. The van der Waals surface area contributed by atoms with Gasteiger partial charge >= 0.3 is 0 Å². The van der Waals surface area contributed by atoms with E-state index in [1.807, 2.05) is 0 Å². The van der Waals surface area contributed by atoms with E-state index >= 15 is 0 Å². The molecule has 0 saturated carbocycles.